The van der Waals surface area contributed by atoms with Crippen LogP contribution < -0.4 is 0 Å². The van der Waals surface area contributed by atoms with Crippen molar-refractivity contribution in [1.82, 2.24) is 24.2 Å². The van der Waals surface area contributed by atoms with Crippen molar-refractivity contribution >= 4 is 38.9 Å². The molecule has 13 heteroatoms. The van der Waals surface area contributed by atoms with Crippen LogP contribution in [0.3, 0.4) is 0 Å². The molecule has 4 heterocycles. The summed E-state index contributed by atoms with van der Waals surface area (Å²) in [5.41, 5.74) is 1.15. The lowest BCUT2D eigenvalue weighted by Crippen LogP contribution is -2.42. The van der Waals surface area contributed by atoms with Gasteiger partial charge in [0.25, 0.3) is 10.0 Å². The molecular weight excluding hydrogens is 481 g/mol. The zero-order valence-corrected chi connectivity index (χ0v) is 19.5. The van der Waals surface area contributed by atoms with Gasteiger partial charge in [-0.2, -0.15) is 4.31 Å². The van der Waals surface area contributed by atoms with E-state index >= 15 is 0 Å². The Kier molecular flexibility index (Phi) is 6.30. The van der Waals surface area contributed by atoms with E-state index in [0.29, 0.717) is 23.6 Å². The number of pyridine rings is 1. The largest absolute Gasteiger partial charge is 0.464 e. The van der Waals surface area contributed by atoms with E-state index in [9.17, 15) is 17.6 Å². The monoisotopic (exact) mass is 499 g/mol. The van der Waals surface area contributed by atoms with Crippen LogP contribution in [0.1, 0.15) is 34.8 Å². The number of H-pyrrole nitrogens is 1. The molecule has 1 saturated heterocycles. The number of carbonyl (C=O) groups excluding carboxylic acids is 1. The van der Waals surface area contributed by atoms with Crippen LogP contribution in [0.15, 0.2) is 28.7 Å². The highest BCUT2D eigenvalue weighted by Gasteiger charge is 2.37. The lowest BCUT2D eigenvalue weighted by atomic mass is 9.86. The summed E-state index contributed by atoms with van der Waals surface area (Å²) in [5.74, 6) is -0.828. The van der Waals surface area contributed by atoms with Gasteiger partial charge in [-0.3, -0.25) is 0 Å². The highest BCUT2D eigenvalue weighted by molar-refractivity contribution is 7.91. The number of halogens is 2. The number of nitrogens with zero attached hydrogens (tertiary/aromatic N) is 4. The van der Waals surface area contributed by atoms with E-state index in [1.165, 1.54) is 29.7 Å². The third-order valence-electron chi connectivity index (χ3n) is 5.33. The first-order valence-electron chi connectivity index (χ1n) is 9.62. The van der Waals surface area contributed by atoms with E-state index in [1.807, 2.05) is 6.92 Å². The minimum Gasteiger partial charge on any atom is -0.464 e. The first-order valence-corrected chi connectivity index (χ1v) is 12.3. The first kappa shape index (κ1) is 22.8. The molecule has 1 N–H and O–H groups in total. The number of ether oxygens (including phenoxy) is 1. The van der Waals surface area contributed by atoms with Gasteiger partial charge >= 0.3 is 5.97 Å². The Hall–Kier alpha value is -2.41. The van der Waals surface area contributed by atoms with Crippen molar-refractivity contribution in [2.75, 3.05) is 20.2 Å². The second kappa shape index (κ2) is 8.85. The Bertz CT molecular complexity index is 1240. The molecule has 4 rings (SSSR count). The quantitative estimate of drug-likeness (QED) is 0.535. The number of carbonyl (C=O) groups is 1. The van der Waals surface area contributed by atoms with Gasteiger partial charge < -0.3 is 9.72 Å². The highest BCUT2D eigenvalue weighted by Crippen LogP contribution is 2.38. The molecular formula is C19H19ClFN5O4S2. The Morgan fingerprint density at radius 3 is 2.78 bits per heavy atom. The van der Waals surface area contributed by atoms with Crippen LogP contribution in [-0.4, -0.2) is 58.8 Å². The highest BCUT2D eigenvalue weighted by atomic mass is 35.5. The maximum Gasteiger partial charge on any atom is 0.367 e. The Morgan fingerprint density at radius 1 is 1.34 bits per heavy atom. The smallest absolute Gasteiger partial charge is 0.367 e. The minimum atomic E-state index is -3.80. The average molecular weight is 500 g/mol. The number of methoxy groups -OCH3 is 1. The number of aromatic amines is 1. The molecule has 0 amide bonds. The van der Waals surface area contributed by atoms with Crippen LogP contribution in [0.2, 0.25) is 5.15 Å². The maximum absolute atomic E-state index is 13.1. The molecule has 0 radical (unpaired) electrons. The molecule has 9 nitrogen and oxygen atoms in total. The molecule has 170 valence electrons. The molecule has 2 atom stereocenters. The summed E-state index contributed by atoms with van der Waals surface area (Å²) in [6.45, 7) is 2.46. The predicted molar refractivity (Wildman–Crippen MR) is 116 cm³/mol. The molecule has 0 saturated carbocycles. The molecule has 1 fully saturated rings. The number of thiazole rings is 1. The van der Waals surface area contributed by atoms with Crippen molar-refractivity contribution < 1.29 is 22.3 Å². The van der Waals surface area contributed by atoms with Crippen LogP contribution in [-0.2, 0) is 14.8 Å². The fourth-order valence-corrected chi connectivity index (χ4v) is 6.72. The summed E-state index contributed by atoms with van der Waals surface area (Å²) in [6, 6.07) is 2.79. The van der Waals surface area contributed by atoms with E-state index < -0.39 is 21.8 Å². The number of hydrogen-bond acceptors (Lipinski definition) is 8. The van der Waals surface area contributed by atoms with Gasteiger partial charge in [-0.05, 0) is 24.5 Å². The summed E-state index contributed by atoms with van der Waals surface area (Å²) < 4.78 is 45.2. The molecule has 3 aromatic rings. The van der Waals surface area contributed by atoms with E-state index in [0.717, 1.165) is 17.5 Å². The van der Waals surface area contributed by atoms with Crippen molar-refractivity contribution in [3.05, 3.63) is 46.2 Å². The van der Waals surface area contributed by atoms with Crippen LogP contribution in [0.25, 0.3) is 11.5 Å². The SMILES string of the molecule is COC(=O)c1ncc(S(=O)(=O)N2CC[C@@H](c3[nH]c(-c4ccc(F)cn4)nc3Cl)[C@@H](C)C2)s1. The zero-order valence-electron chi connectivity index (χ0n) is 17.1. The van der Waals surface area contributed by atoms with Gasteiger partial charge in [-0.25, -0.2) is 32.6 Å². The lowest BCUT2D eigenvalue weighted by Gasteiger charge is -2.35. The molecule has 1 aliphatic rings. The zero-order chi connectivity index (χ0) is 23.0. The number of esters is 1. The van der Waals surface area contributed by atoms with E-state index in [4.69, 9.17) is 11.6 Å². The maximum atomic E-state index is 13.1. The fraction of sp³-hybridized carbons (Fsp3) is 0.368. The summed E-state index contributed by atoms with van der Waals surface area (Å²) in [5, 5.41) is 0.268. The number of aromatic nitrogens is 4. The van der Waals surface area contributed by atoms with Gasteiger partial charge in [-0.15, -0.1) is 0 Å². The normalized spacial score (nSPS) is 19.8. The Labute approximate surface area is 192 Å². The number of hydrogen-bond donors (Lipinski definition) is 1. The van der Waals surface area contributed by atoms with Crippen LogP contribution in [0.4, 0.5) is 4.39 Å². The molecule has 0 unspecified atom stereocenters. The van der Waals surface area contributed by atoms with Gasteiger partial charge in [0.2, 0.25) is 5.01 Å². The summed E-state index contributed by atoms with van der Waals surface area (Å²) in [6.07, 6.45) is 2.79. The number of piperidine rings is 1. The van der Waals surface area contributed by atoms with Gasteiger partial charge in [0.1, 0.15) is 11.5 Å². The van der Waals surface area contributed by atoms with Crippen molar-refractivity contribution in [3.8, 4) is 11.5 Å². The molecule has 32 heavy (non-hydrogen) atoms. The fourth-order valence-electron chi connectivity index (χ4n) is 3.69. The van der Waals surface area contributed by atoms with E-state index in [1.54, 1.807) is 0 Å². The van der Waals surface area contributed by atoms with E-state index in [-0.39, 0.29) is 39.3 Å². The third kappa shape index (κ3) is 4.27. The average Bonchev–Trinajstić information content (AvgIpc) is 3.41. The van der Waals surface area contributed by atoms with Gasteiger partial charge in [0, 0.05) is 19.0 Å². The molecule has 3 aromatic heterocycles. The molecule has 0 aliphatic carbocycles. The summed E-state index contributed by atoms with van der Waals surface area (Å²) in [7, 11) is -2.59. The van der Waals surface area contributed by atoms with Crippen LogP contribution in [0.5, 0.6) is 0 Å². The topological polar surface area (TPSA) is 118 Å². The standard InChI is InChI=1S/C19H19ClFN5O4S2/c1-10-9-26(32(28,29)14-8-23-18(31-14)19(27)30-2)6-5-12(10)15-16(20)25-17(24-15)13-4-3-11(21)7-22-13/h3-4,7-8,10,12H,5-6,9H2,1-2H3,(H,24,25)/t10-,12+/m0/s1. The number of rotatable bonds is 5. The Balaban J connectivity index is 1.52. The van der Waals surface area contributed by atoms with Crippen molar-refractivity contribution in [1.29, 1.82) is 0 Å². The van der Waals surface area contributed by atoms with Crippen LogP contribution >= 0.6 is 22.9 Å². The first-order chi connectivity index (χ1) is 15.2. The molecule has 0 spiro atoms. The number of nitrogens with one attached hydrogen (secondary N) is 1. The van der Waals surface area contributed by atoms with Gasteiger partial charge in [0.15, 0.2) is 15.2 Å². The summed E-state index contributed by atoms with van der Waals surface area (Å²) in [4.78, 5) is 27.0. The molecule has 0 bridgehead atoms. The molecule has 0 aromatic carbocycles. The minimum absolute atomic E-state index is 0.00667. The predicted octanol–water partition coefficient (Wildman–Crippen LogP) is 3.32. The van der Waals surface area contributed by atoms with Gasteiger partial charge in [0.05, 0.1) is 25.2 Å². The second-order valence-electron chi connectivity index (χ2n) is 7.36. The third-order valence-corrected chi connectivity index (χ3v) is 8.90. The van der Waals surface area contributed by atoms with Crippen LogP contribution in [0, 0.1) is 11.7 Å². The van der Waals surface area contributed by atoms with Gasteiger partial charge in [-0.1, -0.05) is 29.9 Å². The molecule has 1 aliphatic heterocycles. The number of imidazole rings is 1. The van der Waals surface area contributed by atoms with E-state index in [2.05, 4.69) is 24.7 Å². The summed E-state index contributed by atoms with van der Waals surface area (Å²) >= 11 is 7.15. The second-order valence-corrected chi connectivity index (χ2v) is 10.9. The Morgan fingerprint density at radius 2 is 2.12 bits per heavy atom. The van der Waals surface area contributed by atoms with Crippen molar-refractivity contribution in [2.45, 2.75) is 23.5 Å². The number of sulfonamides is 1. The van der Waals surface area contributed by atoms with Crippen molar-refractivity contribution in [2.24, 2.45) is 5.92 Å². The lowest BCUT2D eigenvalue weighted by molar-refractivity contribution is 0.0600. The van der Waals surface area contributed by atoms with Crippen molar-refractivity contribution in [3.63, 3.8) is 0 Å².